The Morgan fingerprint density at radius 1 is 1.23 bits per heavy atom. The highest BCUT2D eigenvalue weighted by atomic mass is 16.5. The Morgan fingerprint density at radius 2 is 2.13 bits per heavy atom. The molecule has 1 atom stereocenters. The van der Waals surface area contributed by atoms with Gasteiger partial charge >= 0.3 is 0 Å². The first-order valence-electron chi connectivity index (χ1n) is 10.1. The monoisotopic (exact) mass is 417 g/mol. The number of likely N-dealkylation sites (tertiary alicyclic amines) is 1. The molecule has 0 spiro atoms. The quantitative estimate of drug-likeness (QED) is 0.498. The SMILES string of the molecule is O=C(c1cc(=O)c2ccccc2o1)N1CCCC(Cc2nc(-c3cnccn3)no2)C1. The summed E-state index contributed by atoms with van der Waals surface area (Å²) in [6.07, 6.45) is 7.07. The van der Waals surface area contributed by atoms with Gasteiger partial charge in [0.1, 0.15) is 11.3 Å². The van der Waals surface area contributed by atoms with Crippen LogP contribution in [0.3, 0.4) is 0 Å². The van der Waals surface area contributed by atoms with Crippen molar-refractivity contribution in [1.29, 1.82) is 0 Å². The lowest BCUT2D eigenvalue weighted by Crippen LogP contribution is -2.40. The predicted molar refractivity (Wildman–Crippen MR) is 110 cm³/mol. The van der Waals surface area contributed by atoms with Gasteiger partial charge in [-0.25, -0.2) is 4.98 Å². The summed E-state index contributed by atoms with van der Waals surface area (Å²) in [5, 5.41) is 4.44. The fraction of sp³-hybridized carbons (Fsp3) is 0.273. The second-order valence-electron chi connectivity index (χ2n) is 7.54. The zero-order valence-electron chi connectivity index (χ0n) is 16.6. The molecule has 1 amide bonds. The van der Waals surface area contributed by atoms with Crippen molar-refractivity contribution in [3.05, 3.63) is 70.8 Å². The molecule has 3 aromatic heterocycles. The molecule has 0 radical (unpaired) electrons. The fourth-order valence-corrected chi connectivity index (χ4v) is 3.88. The Hall–Kier alpha value is -3.88. The summed E-state index contributed by atoms with van der Waals surface area (Å²) in [4.78, 5) is 39.7. The van der Waals surface area contributed by atoms with Gasteiger partial charge in [-0.1, -0.05) is 17.3 Å². The van der Waals surface area contributed by atoms with Crippen LogP contribution in [0, 0.1) is 5.92 Å². The average molecular weight is 417 g/mol. The molecule has 1 aliphatic heterocycles. The van der Waals surface area contributed by atoms with Gasteiger partial charge in [0.2, 0.25) is 11.7 Å². The number of amides is 1. The molecule has 1 fully saturated rings. The number of hydrogen-bond acceptors (Lipinski definition) is 8. The first-order chi connectivity index (χ1) is 15.2. The van der Waals surface area contributed by atoms with Crippen molar-refractivity contribution in [3.63, 3.8) is 0 Å². The molecule has 9 heteroatoms. The molecule has 4 heterocycles. The number of nitrogens with zero attached hydrogens (tertiary/aromatic N) is 5. The number of aromatic nitrogens is 4. The smallest absolute Gasteiger partial charge is 0.289 e. The standard InChI is InChI=1S/C22H19N5O4/c28-17-11-19(30-18-6-2-1-5-15(17)18)22(29)27-9-3-4-14(13-27)10-20-25-21(26-31-20)16-12-23-7-8-24-16/h1-2,5-8,11-12,14H,3-4,9-10,13H2. The van der Waals surface area contributed by atoms with Crippen molar-refractivity contribution in [1.82, 2.24) is 25.0 Å². The van der Waals surface area contributed by atoms with Crippen LogP contribution in [0.2, 0.25) is 0 Å². The van der Waals surface area contributed by atoms with E-state index in [1.54, 1.807) is 47.8 Å². The van der Waals surface area contributed by atoms with E-state index in [9.17, 15) is 9.59 Å². The molecule has 1 aromatic carbocycles. The molecule has 1 aliphatic rings. The number of rotatable bonds is 4. The van der Waals surface area contributed by atoms with Crippen molar-refractivity contribution >= 4 is 16.9 Å². The van der Waals surface area contributed by atoms with Crippen molar-refractivity contribution in [2.75, 3.05) is 13.1 Å². The van der Waals surface area contributed by atoms with Gasteiger partial charge in [-0.3, -0.25) is 14.6 Å². The van der Waals surface area contributed by atoms with E-state index in [0.29, 0.717) is 47.9 Å². The molecule has 0 bridgehead atoms. The van der Waals surface area contributed by atoms with Crippen LogP contribution in [0.1, 0.15) is 29.3 Å². The molecule has 0 aliphatic carbocycles. The van der Waals surface area contributed by atoms with Crippen molar-refractivity contribution in [2.45, 2.75) is 19.3 Å². The maximum absolute atomic E-state index is 13.0. The zero-order valence-corrected chi connectivity index (χ0v) is 16.6. The third-order valence-electron chi connectivity index (χ3n) is 5.38. The van der Waals surface area contributed by atoms with E-state index in [1.165, 1.54) is 6.07 Å². The number of hydrogen-bond donors (Lipinski definition) is 0. The third-order valence-corrected chi connectivity index (χ3v) is 5.38. The van der Waals surface area contributed by atoms with Gasteiger partial charge in [-0.15, -0.1) is 0 Å². The van der Waals surface area contributed by atoms with Crippen LogP contribution in [0.15, 0.2) is 62.7 Å². The van der Waals surface area contributed by atoms with Crippen LogP contribution in [0.4, 0.5) is 0 Å². The minimum absolute atomic E-state index is 0.0621. The number of carbonyl (C=O) groups is 1. The molecule has 5 rings (SSSR count). The van der Waals surface area contributed by atoms with Crippen molar-refractivity contribution in [3.8, 4) is 11.5 Å². The van der Waals surface area contributed by atoms with Gasteiger partial charge in [0.05, 0.1) is 11.6 Å². The van der Waals surface area contributed by atoms with E-state index in [1.807, 2.05) is 0 Å². The minimum Gasteiger partial charge on any atom is -0.451 e. The van der Waals surface area contributed by atoms with Gasteiger partial charge in [0.25, 0.3) is 5.91 Å². The van der Waals surface area contributed by atoms with Gasteiger partial charge in [0, 0.05) is 38.0 Å². The van der Waals surface area contributed by atoms with Crippen LogP contribution in [-0.4, -0.2) is 44.0 Å². The Balaban J connectivity index is 1.30. The van der Waals surface area contributed by atoms with E-state index >= 15 is 0 Å². The van der Waals surface area contributed by atoms with Crippen LogP contribution in [0.25, 0.3) is 22.5 Å². The second-order valence-corrected chi connectivity index (χ2v) is 7.54. The van der Waals surface area contributed by atoms with E-state index in [4.69, 9.17) is 8.94 Å². The molecule has 1 saturated heterocycles. The fourth-order valence-electron chi connectivity index (χ4n) is 3.88. The number of benzene rings is 1. The lowest BCUT2D eigenvalue weighted by Gasteiger charge is -2.31. The third kappa shape index (κ3) is 3.94. The largest absolute Gasteiger partial charge is 0.451 e. The van der Waals surface area contributed by atoms with Crippen LogP contribution < -0.4 is 5.43 Å². The molecular formula is C22H19N5O4. The van der Waals surface area contributed by atoms with Crippen LogP contribution in [0.5, 0.6) is 0 Å². The average Bonchev–Trinajstić information content (AvgIpc) is 3.28. The predicted octanol–water partition coefficient (Wildman–Crippen LogP) is 2.73. The Bertz CT molecular complexity index is 1280. The summed E-state index contributed by atoms with van der Waals surface area (Å²) >= 11 is 0. The van der Waals surface area contributed by atoms with Crippen molar-refractivity contribution in [2.24, 2.45) is 5.92 Å². The van der Waals surface area contributed by atoms with Gasteiger partial charge < -0.3 is 13.8 Å². The molecule has 9 nitrogen and oxygen atoms in total. The maximum atomic E-state index is 13.0. The molecule has 1 unspecified atom stereocenters. The van der Waals surface area contributed by atoms with E-state index in [0.717, 1.165) is 12.8 Å². The summed E-state index contributed by atoms with van der Waals surface area (Å²) < 4.78 is 11.1. The summed E-state index contributed by atoms with van der Waals surface area (Å²) in [5.41, 5.74) is 0.736. The summed E-state index contributed by atoms with van der Waals surface area (Å²) in [6.45, 7) is 1.14. The lowest BCUT2D eigenvalue weighted by atomic mass is 9.94. The number of para-hydroxylation sites is 1. The van der Waals surface area contributed by atoms with E-state index in [-0.39, 0.29) is 23.0 Å². The summed E-state index contributed by atoms with van der Waals surface area (Å²) in [5.74, 6) is 0.840. The van der Waals surface area contributed by atoms with Crippen LogP contribution >= 0.6 is 0 Å². The molecule has 31 heavy (non-hydrogen) atoms. The Kier molecular flexibility index (Phi) is 4.99. The van der Waals surface area contributed by atoms with E-state index < -0.39 is 0 Å². The number of carbonyl (C=O) groups excluding carboxylic acids is 1. The summed E-state index contributed by atoms with van der Waals surface area (Å²) in [6, 6.07) is 8.20. The minimum atomic E-state index is -0.279. The van der Waals surface area contributed by atoms with Crippen molar-refractivity contribution < 1.29 is 13.7 Å². The van der Waals surface area contributed by atoms with Gasteiger partial charge in [-0.05, 0) is 30.9 Å². The first kappa shape index (κ1) is 19.1. The lowest BCUT2D eigenvalue weighted by molar-refractivity contribution is 0.0636. The Labute approximate surface area is 176 Å². The molecule has 0 saturated carbocycles. The topological polar surface area (TPSA) is 115 Å². The highest BCUT2D eigenvalue weighted by molar-refractivity contribution is 5.93. The molecule has 4 aromatic rings. The normalized spacial score (nSPS) is 16.5. The number of fused-ring (bicyclic) bond motifs is 1. The van der Waals surface area contributed by atoms with E-state index in [2.05, 4.69) is 20.1 Å². The molecule has 156 valence electrons. The maximum Gasteiger partial charge on any atom is 0.289 e. The molecule has 0 N–H and O–H groups in total. The second kappa shape index (κ2) is 8.10. The van der Waals surface area contributed by atoms with Gasteiger partial charge in [-0.2, -0.15) is 4.98 Å². The van der Waals surface area contributed by atoms with Gasteiger partial charge in [0.15, 0.2) is 11.2 Å². The first-order valence-corrected chi connectivity index (χ1v) is 10.1. The molecular weight excluding hydrogens is 398 g/mol. The highest BCUT2D eigenvalue weighted by Gasteiger charge is 2.28. The van der Waals surface area contributed by atoms with Crippen LogP contribution in [-0.2, 0) is 6.42 Å². The highest BCUT2D eigenvalue weighted by Crippen LogP contribution is 2.23. The Morgan fingerprint density at radius 3 is 3.00 bits per heavy atom. The zero-order chi connectivity index (χ0) is 21.2. The number of piperidine rings is 1. The summed E-state index contributed by atoms with van der Waals surface area (Å²) in [7, 11) is 0.